The minimum atomic E-state index is -1.02. The zero-order chi connectivity index (χ0) is 12.8. The maximum absolute atomic E-state index is 11.3. The molecule has 5 nitrogen and oxygen atoms in total. The Kier molecular flexibility index (Phi) is 5.09. The number of nitrogens with one attached hydrogen (secondary N) is 1. The first-order chi connectivity index (χ1) is 7.99. The quantitative estimate of drug-likeness (QED) is 0.809. The van der Waals surface area contributed by atoms with Crippen LogP contribution in [0.4, 0.5) is 0 Å². The number of aromatic nitrogens is 1. The van der Waals surface area contributed by atoms with Crippen molar-refractivity contribution in [1.82, 2.24) is 10.3 Å². The van der Waals surface area contributed by atoms with Crippen molar-refractivity contribution in [2.75, 3.05) is 6.54 Å². The van der Waals surface area contributed by atoms with Crippen LogP contribution in [-0.2, 0) is 11.2 Å². The van der Waals surface area contributed by atoms with Gasteiger partial charge in [0.1, 0.15) is 0 Å². The van der Waals surface area contributed by atoms with Crippen molar-refractivity contribution in [1.29, 1.82) is 0 Å². The van der Waals surface area contributed by atoms with Crippen LogP contribution < -0.4 is 5.32 Å². The van der Waals surface area contributed by atoms with Gasteiger partial charge in [0.2, 0.25) is 5.91 Å². The summed E-state index contributed by atoms with van der Waals surface area (Å²) in [7, 11) is 0. The number of rotatable bonds is 6. The zero-order valence-electron chi connectivity index (χ0n) is 9.90. The van der Waals surface area contributed by atoms with Gasteiger partial charge >= 0.3 is 5.97 Å². The van der Waals surface area contributed by atoms with Crippen molar-refractivity contribution >= 4 is 23.2 Å². The molecule has 0 aliphatic heterocycles. The fraction of sp³-hybridized carbons (Fsp3) is 0.545. The fourth-order valence-corrected chi connectivity index (χ4v) is 2.05. The molecule has 1 heterocycles. The number of carboxylic acid groups (broad SMARTS) is 1. The number of hydrogen-bond acceptors (Lipinski definition) is 4. The molecule has 1 aromatic heterocycles. The van der Waals surface area contributed by atoms with E-state index in [2.05, 4.69) is 10.3 Å². The van der Waals surface area contributed by atoms with E-state index in [-0.39, 0.29) is 11.6 Å². The third-order valence-electron chi connectivity index (χ3n) is 2.03. The zero-order valence-corrected chi connectivity index (χ0v) is 10.7. The van der Waals surface area contributed by atoms with E-state index < -0.39 is 5.97 Å². The Hall–Kier alpha value is -1.43. The van der Waals surface area contributed by atoms with Gasteiger partial charge in [-0.2, -0.15) is 0 Å². The van der Waals surface area contributed by atoms with E-state index in [0.717, 1.165) is 5.01 Å². The van der Waals surface area contributed by atoms with Gasteiger partial charge in [0.15, 0.2) is 5.69 Å². The van der Waals surface area contributed by atoms with Crippen LogP contribution in [0, 0.1) is 5.92 Å². The Morgan fingerprint density at radius 2 is 2.24 bits per heavy atom. The standard InChI is InChI=1S/C11H16N2O3S/c1-7(2)5-9(14)12-4-3-10-13-8(6-17-10)11(15)16/h6-7H,3-5H2,1-2H3,(H,12,14)(H,15,16). The van der Waals surface area contributed by atoms with Crippen LogP contribution >= 0.6 is 11.3 Å². The lowest BCUT2D eigenvalue weighted by Crippen LogP contribution is -2.26. The van der Waals surface area contributed by atoms with Crippen molar-refractivity contribution in [3.8, 4) is 0 Å². The monoisotopic (exact) mass is 256 g/mol. The lowest BCUT2D eigenvalue weighted by atomic mass is 10.1. The maximum atomic E-state index is 11.3. The molecule has 1 aromatic rings. The first-order valence-corrected chi connectivity index (χ1v) is 6.31. The summed E-state index contributed by atoms with van der Waals surface area (Å²) >= 11 is 1.30. The number of hydrogen-bond donors (Lipinski definition) is 2. The number of aromatic carboxylic acids is 1. The maximum Gasteiger partial charge on any atom is 0.355 e. The second kappa shape index (κ2) is 6.34. The molecule has 6 heteroatoms. The van der Waals surface area contributed by atoms with Crippen LogP contribution in [0.5, 0.6) is 0 Å². The van der Waals surface area contributed by atoms with Crippen molar-refractivity contribution in [2.45, 2.75) is 26.7 Å². The van der Waals surface area contributed by atoms with E-state index in [1.165, 1.54) is 16.7 Å². The van der Waals surface area contributed by atoms with E-state index in [9.17, 15) is 9.59 Å². The summed E-state index contributed by atoms with van der Waals surface area (Å²) in [6.07, 6.45) is 1.08. The molecule has 0 aliphatic rings. The number of amides is 1. The van der Waals surface area contributed by atoms with Gasteiger partial charge in [-0.25, -0.2) is 9.78 Å². The fourth-order valence-electron chi connectivity index (χ4n) is 1.28. The third-order valence-corrected chi connectivity index (χ3v) is 2.93. The van der Waals surface area contributed by atoms with Crippen molar-refractivity contribution in [3.63, 3.8) is 0 Å². The Morgan fingerprint density at radius 1 is 1.53 bits per heavy atom. The van der Waals surface area contributed by atoms with E-state index >= 15 is 0 Å². The molecule has 94 valence electrons. The summed E-state index contributed by atoms with van der Waals surface area (Å²) in [6, 6.07) is 0. The van der Waals surface area contributed by atoms with Gasteiger partial charge in [-0.3, -0.25) is 4.79 Å². The Bertz CT molecular complexity index is 401. The first kappa shape index (κ1) is 13.6. The summed E-state index contributed by atoms with van der Waals surface area (Å²) in [5.41, 5.74) is 0.0681. The Labute approximate surface area is 104 Å². The number of nitrogens with zero attached hydrogens (tertiary/aromatic N) is 1. The van der Waals surface area contributed by atoms with E-state index in [1.54, 1.807) is 0 Å². The molecule has 0 unspecified atom stereocenters. The van der Waals surface area contributed by atoms with E-state index in [1.807, 2.05) is 13.8 Å². The first-order valence-electron chi connectivity index (χ1n) is 5.43. The molecule has 0 aliphatic carbocycles. The van der Waals surface area contributed by atoms with E-state index in [4.69, 9.17) is 5.11 Å². The van der Waals surface area contributed by atoms with Crippen LogP contribution in [0.2, 0.25) is 0 Å². The number of thiazole rings is 1. The second-order valence-electron chi connectivity index (χ2n) is 4.13. The van der Waals surface area contributed by atoms with Gasteiger partial charge in [0, 0.05) is 24.8 Å². The van der Waals surface area contributed by atoms with Crippen LogP contribution in [0.15, 0.2) is 5.38 Å². The smallest absolute Gasteiger partial charge is 0.355 e. The topological polar surface area (TPSA) is 79.3 Å². The molecule has 17 heavy (non-hydrogen) atoms. The number of carbonyl (C=O) groups is 2. The molecule has 0 saturated heterocycles. The van der Waals surface area contributed by atoms with Gasteiger partial charge < -0.3 is 10.4 Å². The van der Waals surface area contributed by atoms with Crippen LogP contribution in [0.3, 0.4) is 0 Å². The highest BCUT2D eigenvalue weighted by Gasteiger charge is 2.09. The normalized spacial score (nSPS) is 10.5. The average Bonchev–Trinajstić information content (AvgIpc) is 2.65. The van der Waals surface area contributed by atoms with Crippen LogP contribution in [0.1, 0.15) is 35.8 Å². The summed E-state index contributed by atoms with van der Waals surface area (Å²) in [6.45, 7) is 4.47. The minimum Gasteiger partial charge on any atom is -0.476 e. The highest BCUT2D eigenvalue weighted by atomic mass is 32.1. The number of carboxylic acids is 1. The molecule has 2 N–H and O–H groups in total. The lowest BCUT2D eigenvalue weighted by Gasteiger charge is -2.05. The summed E-state index contributed by atoms with van der Waals surface area (Å²) < 4.78 is 0. The predicted octanol–water partition coefficient (Wildman–Crippen LogP) is 1.55. The van der Waals surface area contributed by atoms with Gasteiger partial charge in [0.05, 0.1) is 5.01 Å². The highest BCUT2D eigenvalue weighted by molar-refractivity contribution is 7.09. The lowest BCUT2D eigenvalue weighted by molar-refractivity contribution is -0.121. The summed E-state index contributed by atoms with van der Waals surface area (Å²) in [5.74, 6) is -0.653. The van der Waals surface area contributed by atoms with Gasteiger partial charge in [0.25, 0.3) is 0 Å². The van der Waals surface area contributed by atoms with Crippen molar-refractivity contribution in [3.05, 3.63) is 16.1 Å². The second-order valence-corrected chi connectivity index (χ2v) is 5.07. The average molecular weight is 256 g/mol. The molecule has 0 bridgehead atoms. The summed E-state index contributed by atoms with van der Waals surface area (Å²) in [4.78, 5) is 25.9. The molecule has 0 fully saturated rings. The Morgan fingerprint density at radius 3 is 2.76 bits per heavy atom. The SMILES string of the molecule is CC(C)CC(=O)NCCc1nc(C(=O)O)cs1. The molecule has 0 radical (unpaired) electrons. The minimum absolute atomic E-state index is 0.0232. The Balaban J connectivity index is 2.31. The van der Waals surface area contributed by atoms with Crippen molar-refractivity contribution < 1.29 is 14.7 Å². The van der Waals surface area contributed by atoms with Gasteiger partial charge in [-0.05, 0) is 5.92 Å². The number of carbonyl (C=O) groups excluding carboxylic acids is 1. The largest absolute Gasteiger partial charge is 0.476 e. The van der Waals surface area contributed by atoms with Crippen molar-refractivity contribution in [2.24, 2.45) is 5.92 Å². The molecule has 0 saturated carbocycles. The van der Waals surface area contributed by atoms with Crippen LogP contribution in [-0.4, -0.2) is 28.5 Å². The highest BCUT2D eigenvalue weighted by Crippen LogP contribution is 2.09. The third kappa shape index (κ3) is 4.95. The van der Waals surface area contributed by atoms with Crippen LogP contribution in [0.25, 0.3) is 0 Å². The molecule has 1 amide bonds. The molecular weight excluding hydrogens is 240 g/mol. The molecule has 1 rings (SSSR count). The predicted molar refractivity (Wildman–Crippen MR) is 65.2 cm³/mol. The van der Waals surface area contributed by atoms with Gasteiger partial charge in [-0.15, -0.1) is 11.3 Å². The van der Waals surface area contributed by atoms with Gasteiger partial charge in [-0.1, -0.05) is 13.8 Å². The molecular formula is C11H16N2O3S. The summed E-state index contributed by atoms with van der Waals surface area (Å²) in [5, 5.41) is 13.7. The molecule has 0 spiro atoms. The molecule has 0 aromatic carbocycles. The molecule has 0 atom stereocenters. The van der Waals surface area contributed by atoms with E-state index in [0.29, 0.717) is 25.3 Å².